The smallest absolute Gasteiger partial charge is 0.181 e. The number of hydrogen-bond acceptors (Lipinski definition) is 7. The Hall–Kier alpha value is -3.06. The third-order valence-electron chi connectivity index (χ3n) is 5.90. The van der Waals surface area contributed by atoms with Gasteiger partial charge in [0.15, 0.2) is 10.9 Å². The fraction of sp³-hybridized carbons (Fsp3) is 0.261. The number of benzene rings is 2. The van der Waals surface area contributed by atoms with Crippen molar-refractivity contribution >= 4 is 54.9 Å². The van der Waals surface area contributed by atoms with Crippen molar-refractivity contribution in [1.82, 2.24) is 15.3 Å². The minimum Gasteiger partial charge on any atom is -0.375 e. The summed E-state index contributed by atoms with van der Waals surface area (Å²) in [5, 5.41) is 13.4. The number of pyridine rings is 1. The molecule has 1 aliphatic heterocycles. The van der Waals surface area contributed by atoms with Crippen LogP contribution in [0.3, 0.4) is 0 Å². The van der Waals surface area contributed by atoms with Crippen molar-refractivity contribution < 1.29 is 8.78 Å². The summed E-state index contributed by atoms with van der Waals surface area (Å²) in [6.45, 7) is 3.96. The summed E-state index contributed by atoms with van der Waals surface area (Å²) in [7, 11) is 0. The minimum atomic E-state index is -0.595. The van der Waals surface area contributed by atoms with Crippen LogP contribution in [0.1, 0.15) is 12.0 Å². The zero-order valence-corrected chi connectivity index (χ0v) is 19.2. The third-order valence-corrected chi connectivity index (χ3v) is 7.09. The Balaban J connectivity index is 1.71. The van der Waals surface area contributed by atoms with Gasteiger partial charge in [0, 0.05) is 48.4 Å². The Kier molecular flexibility index (Phi) is 5.52. The first kappa shape index (κ1) is 21.8. The van der Waals surface area contributed by atoms with E-state index in [-0.39, 0.29) is 37.5 Å². The molecule has 2 aromatic heterocycles. The van der Waals surface area contributed by atoms with Gasteiger partial charge < -0.3 is 16.0 Å². The lowest BCUT2D eigenvalue weighted by molar-refractivity contribution is 0.463. The number of hydrogen-bond donors (Lipinski definition) is 2. The maximum absolute atomic E-state index is 16.0. The maximum Gasteiger partial charge on any atom is 0.181 e. The summed E-state index contributed by atoms with van der Waals surface area (Å²) in [6, 6.07) is 6.66. The monoisotopic (exact) mass is 484 g/mol. The van der Waals surface area contributed by atoms with E-state index in [4.69, 9.17) is 22.6 Å². The van der Waals surface area contributed by atoms with E-state index in [9.17, 15) is 4.39 Å². The second kappa shape index (κ2) is 8.37. The highest BCUT2D eigenvalue weighted by molar-refractivity contribution is 7.22. The van der Waals surface area contributed by atoms with Crippen molar-refractivity contribution in [2.24, 2.45) is 0 Å². The maximum atomic E-state index is 16.0. The Morgan fingerprint density at radius 2 is 2.18 bits per heavy atom. The SMILES string of the molecule is Cc1cnc2c(F)c(-c3ccc(F)c4sc(N)nc34)c(Cl)cc2c1N1CCN[C@@H](CC#N)C1. The van der Waals surface area contributed by atoms with Crippen molar-refractivity contribution in [2.75, 3.05) is 30.3 Å². The average Bonchev–Trinajstić information content (AvgIpc) is 3.18. The molecule has 4 aromatic rings. The molecule has 168 valence electrons. The first-order chi connectivity index (χ1) is 15.9. The minimum absolute atomic E-state index is 0.0218. The molecule has 0 bridgehead atoms. The van der Waals surface area contributed by atoms with Gasteiger partial charge in [-0.3, -0.25) is 4.98 Å². The van der Waals surface area contributed by atoms with Gasteiger partial charge in [-0.1, -0.05) is 22.9 Å². The fourth-order valence-corrected chi connectivity index (χ4v) is 5.54. The van der Waals surface area contributed by atoms with Crippen LogP contribution in [-0.4, -0.2) is 35.6 Å². The molecule has 3 N–H and O–H groups in total. The molecule has 6 nitrogen and oxygen atoms in total. The normalized spacial score (nSPS) is 16.5. The molecule has 0 unspecified atom stereocenters. The first-order valence-electron chi connectivity index (χ1n) is 10.4. The zero-order chi connectivity index (χ0) is 23.3. The quantitative estimate of drug-likeness (QED) is 0.424. The molecule has 1 saturated heterocycles. The van der Waals surface area contributed by atoms with E-state index in [1.165, 1.54) is 12.1 Å². The molecule has 33 heavy (non-hydrogen) atoms. The highest BCUT2D eigenvalue weighted by atomic mass is 35.5. The predicted molar refractivity (Wildman–Crippen MR) is 129 cm³/mol. The molecule has 10 heteroatoms. The lowest BCUT2D eigenvalue weighted by Crippen LogP contribution is -2.50. The Morgan fingerprint density at radius 3 is 2.97 bits per heavy atom. The number of nitrogens with one attached hydrogen (secondary N) is 1. The molecular weight excluding hydrogens is 466 g/mol. The molecular formula is C23H19ClF2N6S. The van der Waals surface area contributed by atoms with Crippen molar-refractivity contribution in [3.63, 3.8) is 0 Å². The van der Waals surface area contributed by atoms with Crippen LogP contribution in [0.2, 0.25) is 5.02 Å². The summed E-state index contributed by atoms with van der Waals surface area (Å²) in [5.41, 5.74) is 8.45. The number of anilines is 2. The predicted octanol–water partition coefficient (Wildman–Crippen LogP) is 5.03. The van der Waals surface area contributed by atoms with E-state index in [0.29, 0.717) is 37.0 Å². The third kappa shape index (κ3) is 3.64. The van der Waals surface area contributed by atoms with Gasteiger partial charge in [0.05, 0.1) is 33.4 Å². The number of rotatable bonds is 3. The zero-order valence-electron chi connectivity index (χ0n) is 17.6. The molecule has 1 fully saturated rings. The number of thiazole rings is 1. The largest absolute Gasteiger partial charge is 0.375 e. The molecule has 1 aliphatic rings. The number of halogens is 3. The van der Waals surface area contributed by atoms with Crippen LogP contribution in [-0.2, 0) is 0 Å². The molecule has 0 spiro atoms. The van der Waals surface area contributed by atoms with Crippen molar-refractivity contribution in [3.05, 3.63) is 46.6 Å². The fourth-order valence-electron chi connectivity index (χ4n) is 4.49. The van der Waals surface area contributed by atoms with Gasteiger partial charge in [0.2, 0.25) is 0 Å². The topological polar surface area (TPSA) is 90.9 Å². The average molecular weight is 485 g/mol. The second-order valence-electron chi connectivity index (χ2n) is 8.02. The number of nitrogens with two attached hydrogens (primary N) is 1. The van der Waals surface area contributed by atoms with E-state index in [2.05, 4.69) is 26.3 Å². The van der Waals surface area contributed by atoms with E-state index in [1.54, 1.807) is 12.3 Å². The molecule has 2 aromatic carbocycles. The number of piperazine rings is 1. The van der Waals surface area contributed by atoms with E-state index in [0.717, 1.165) is 22.6 Å². The van der Waals surface area contributed by atoms with Gasteiger partial charge in [0.25, 0.3) is 0 Å². The highest BCUT2D eigenvalue weighted by Gasteiger charge is 2.26. The number of aromatic nitrogens is 2. The van der Waals surface area contributed by atoms with E-state index < -0.39 is 11.6 Å². The van der Waals surface area contributed by atoms with E-state index in [1.807, 2.05) is 6.92 Å². The van der Waals surface area contributed by atoms with Gasteiger partial charge >= 0.3 is 0 Å². The summed E-state index contributed by atoms with van der Waals surface area (Å²) >= 11 is 7.65. The number of nitriles is 1. The first-order valence-corrected chi connectivity index (χ1v) is 11.6. The van der Waals surface area contributed by atoms with Crippen molar-refractivity contribution in [1.29, 1.82) is 5.26 Å². The number of nitrogen functional groups attached to an aromatic ring is 1. The van der Waals surface area contributed by atoms with Crippen LogP contribution in [0.5, 0.6) is 0 Å². The molecule has 3 heterocycles. The van der Waals surface area contributed by atoms with Crippen LogP contribution in [0.25, 0.3) is 32.2 Å². The van der Waals surface area contributed by atoms with E-state index >= 15 is 4.39 Å². The highest BCUT2D eigenvalue weighted by Crippen LogP contribution is 2.43. The molecule has 0 saturated carbocycles. The van der Waals surface area contributed by atoms with Crippen LogP contribution in [0.4, 0.5) is 19.6 Å². The molecule has 1 atom stereocenters. The Labute approximate surface area is 197 Å². The van der Waals surface area contributed by atoms with Crippen molar-refractivity contribution in [2.45, 2.75) is 19.4 Å². The van der Waals surface area contributed by atoms with Gasteiger partial charge in [0.1, 0.15) is 11.3 Å². The van der Waals surface area contributed by atoms with Gasteiger partial charge in [-0.15, -0.1) is 0 Å². The van der Waals surface area contributed by atoms with Crippen LogP contribution in [0, 0.1) is 29.9 Å². The van der Waals surface area contributed by atoms with Crippen molar-refractivity contribution in [3.8, 4) is 17.2 Å². The molecule has 0 aliphatic carbocycles. The summed E-state index contributed by atoms with van der Waals surface area (Å²) in [4.78, 5) is 10.7. The number of aryl methyl sites for hydroxylation is 1. The molecule has 0 radical (unpaired) electrons. The summed E-state index contributed by atoms with van der Waals surface area (Å²) < 4.78 is 30.5. The Bertz CT molecular complexity index is 1450. The number of nitrogens with zero attached hydrogens (tertiary/aromatic N) is 4. The van der Waals surface area contributed by atoms with Crippen LogP contribution in [0.15, 0.2) is 24.4 Å². The standard InChI is InChI=1S/C23H19ClF2N6S/c1-11-9-30-19-14(21(11)32-7-6-29-12(10-32)4-5-27)8-15(24)17(18(19)26)13-2-3-16(25)22-20(13)31-23(28)33-22/h2-3,8-9,12,29H,4,6-7,10H2,1H3,(H2,28,31)/t12-/m0/s1. The molecule has 5 rings (SSSR count). The lowest BCUT2D eigenvalue weighted by Gasteiger charge is -2.36. The number of fused-ring (bicyclic) bond motifs is 2. The summed E-state index contributed by atoms with van der Waals surface area (Å²) in [5.74, 6) is -1.07. The van der Waals surface area contributed by atoms with Crippen LogP contribution < -0.4 is 16.0 Å². The second-order valence-corrected chi connectivity index (χ2v) is 9.46. The van der Waals surface area contributed by atoms with Gasteiger partial charge in [-0.25, -0.2) is 13.8 Å². The van der Waals surface area contributed by atoms with Gasteiger partial charge in [-0.2, -0.15) is 5.26 Å². The summed E-state index contributed by atoms with van der Waals surface area (Å²) in [6.07, 6.45) is 2.02. The Morgan fingerprint density at radius 1 is 1.36 bits per heavy atom. The van der Waals surface area contributed by atoms with Gasteiger partial charge in [-0.05, 0) is 30.7 Å². The van der Waals surface area contributed by atoms with Crippen LogP contribution >= 0.6 is 22.9 Å². The lowest BCUT2D eigenvalue weighted by atomic mass is 9.99. The molecule has 0 amide bonds.